The zero-order valence-corrected chi connectivity index (χ0v) is 14.8. The number of thioether (sulfide) groups is 1. The summed E-state index contributed by atoms with van der Waals surface area (Å²) < 4.78 is 1.77. The lowest BCUT2D eigenvalue weighted by Gasteiger charge is -2.18. The summed E-state index contributed by atoms with van der Waals surface area (Å²) in [5.41, 5.74) is 0. The number of hydrogen-bond donors (Lipinski definition) is 1. The molecule has 2 aromatic rings. The fraction of sp³-hybridized carbons (Fsp3) is 0.545. The molecule has 2 heterocycles. The molecular weight excluding hydrogens is 326 g/mol. The van der Waals surface area contributed by atoms with E-state index in [0.29, 0.717) is 17.1 Å². The lowest BCUT2D eigenvalue weighted by atomic mass is 10.5. The molecule has 10 heteroatoms. The van der Waals surface area contributed by atoms with Crippen molar-refractivity contribution < 1.29 is 0 Å². The van der Waals surface area contributed by atoms with E-state index in [4.69, 9.17) is 0 Å². The van der Waals surface area contributed by atoms with Gasteiger partial charge in [-0.25, -0.2) is 0 Å². The summed E-state index contributed by atoms with van der Waals surface area (Å²) in [5, 5.41) is 11.8. The van der Waals surface area contributed by atoms with Crippen LogP contribution in [0.1, 0.15) is 13.8 Å². The Balaban J connectivity index is 2.27. The van der Waals surface area contributed by atoms with E-state index in [1.165, 1.54) is 23.1 Å². The van der Waals surface area contributed by atoms with Crippen LogP contribution >= 0.6 is 34.9 Å². The molecule has 0 saturated heterocycles. The minimum absolute atomic E-state index is 0.559. The largest absolute Gasteiger partial charge is 0.357 e. The van der Waals surface area contributed by atoms with E-state index < -0.39 is 0 Å². The standard InChI is InChI=1S/C11H17N7S3/c1-5-18(6-2)8-13-7(12-3)14-9(15-8)20-11-17-16-10(19-4)21-11/h5-6H2,1-4H3,(H,12,13,14,15). The van der Waals surface area contributed by atoms with Gasteiger partial charge < -0.3 is 10.2 Å². The van der Waals surface area contributed by atoms with Crippen LogP contribution < -0.4 is 10.2 Å². The highest BCUT2D eigenvalue weighted by Crippen LogP contribution is 2.31. The molecule has 0 amide bonds. The molecule has 0 aliphatic rings. The summed E-state index contributed by atoms with van der Waals surface area (Å²) in [6, 6.07) is 0. The SMILES string of the molecule is CCN(CC)c1nc(NC)nc(Sc2nnc(SC)s2)n1. The molecule has 7 nitrogen and oxygen atoms in total. The van der Waals surface area contributed by atoms with E-state index in [9.17, 15) is 0 Å². The average molecular weight is 344 g/mol. The number of nitrogens with one attached hydrogen (secondary N) is 1. The predicted octanol–water partition coefficient (Wildman–Crippen LogP) is 2.48. The van der Waals surface area contributed by atoms with Crippen molar-refractivity contribution in [1.29, 1.82) is 0 Å². The van der Waals surface area contributed by atoms with Gasteiger partial charge >= 0.3 is 0 Å². The molecule has 114 valence electrons. The Hall–Kier alpha value is -1.13. The summed E-state index contributed by atoms with van der Waals surface area (Å²) in [5.74, 6) is 1.24. The number of anilines is 2. The summed E-state index contributed by atoms with van der Waals surface area (Å²) in [4.78, 5) is 15.4. The second kappa shape index (κ2) is 7.76. The van der Waals surface area contributed by atoms with Crippen molar-refractivity contribution in [3.8, 4) is 0 Å². The molecule has 2 rings (SSSR count). The van der Waals surface area contributed by atoms with Crippen LogP contribution in [0.4, 0.5) is 11.9 Å². The first-order valence-electron chi connectivity index (χ1n) is 6.44. The molecule has 0 fully saturated rings. The fourth-order valence-corrected chi connectivity index (χ4v) is 3.84. The molecule has 1 N–H and O–H groups in total. The Kier molecular flexibility index (Phi) is 6.00. The van der Waals surface area contributed by atoms with Gasteiger partial charge in [-0.1, -0.05) is 23.1 Å². The predicted molar refractivity (Wildman–Crippen MR) is 88.7 cm³/mol. The number of rotatable bonds is 7. The quantitative estimate of drug-likeness (QED) is 0.762. The van der Waals surface area contributed by atoms with E-state index in [-0.39, 0.29) is 0 Å². The van der Waals surface area contributed by atoms with Crippen molar-refractivity contribution in [2.45, 2.75) is 27.7 Å². The third-order valence-electron chi connectivity index (χ3n) is 2.61. The van der Waals surface area contributed by atoms with Gasteiger partial charge in [0.1, 0.15) is 0 Å². The minimum atomic E-state index is 0.559. The highest BCUT2D eigenvalue weighted by atomic mass is 32.2. The normalized spacial score (nSPS) is 10.7. The lowest BCUT2D eigenvalue weighted by Crippen LogP contribution is -2.25. The maximum absolute atomic E-state index is 4.51. The molecular formula is C11H17N7S3. The molecule has 0 aromatic carbocycles. The summed E-state index contributed by atoms with van der Waals surface area (Å²) in [6.45, 7) is 5.86. The zero-order valence-electron chi connectivity index (χ0n) is 12.3. The Morgan fingerprint density at radius 2 is 1.81 bits per heavy atom. The molecule has 2 aromatic heterocycles. The average Bonchev–Trinajstić information content (AvgIpc) is 2.96. The van der Waals surface area contributed by atoms with Gasteiger partial charge in [0.15, 0.2) is 8.68 Å². The second-order valence-electron chi connectivity index (χ2n) is 3.80. The van der Waals surface area contributed by atoms with Gasteiger partial charge in [0, 0.05) is 20.1 Å². The molecule has 0 radical (unpaired) electrons. The third-order valence-corrected chi connectivity index (χ3v) is 5.43. The first-order valence-corrected chi connectivity index (χ1v) is 9.30. The summed E-state index contributed by atoms with van der Waals surface area (Å²) in [7, 11) is 1.80. The molecule has 0 aliphatic heterocycles. The van der Waals surface area contributed by atoms with Crippen LogP contribution in [0.15, 0.2) is 13.8 Å². The van der Waals surface area contributed by atoms with Gasteiger partial charge in [0.05, 0.1) is 0 Å². The van der Waals surface area contributed by atoms with E-state index in [1.54, 1.807) is 18.8 Å². The monoisotopic (exact) mass is 343 g/mol. The first-order chi connectivity index (χ1) is 10.2. The maximum atomic E-state index is 4.51. The van der Waals surface area contributed by atoms with Crippen molar-refractivity contribution in [3.63, 3.8) is 0 Å². The molecule has 0 saturated carbocycles. The highest BCUT2D eigenvalue weighted by molar-refractivity contribution is 8.02. The van der Waals surface area contributed by atoms with Crippen LogP contribution in [0.3, 0.4) is 0 Å². The van der Waals surface area contributed by atoms with Crippen LogP contribution in [0.2, 0.25) is 0 Å². The van der Waals surface area contributed by atoms with E-state index in [2.05, 4.69) is 49.2 Å². The molecule has 21 heavy (non-hydrogen) atoms. The van der Waals surface area contributed by atoms with Crippen LogP contribution in [0, 0.1) is 0 Å². The topological polar surface area (TPSA) is 79.7 Å². The minimum Gasteiger partial charge on any atom is -0.357 e. The van der Waals surface area contributed by atoms with Crippen molar-refractivity contribution >= 4 is 46.8 Å². The van der Waals surface area contributed by atoms with Gasteiger partial charge in [0.25, 0.3) is 0 Å². The first kappa shape index (κ1) is 16.2. The Labute approximate surface area is 136 Å². The number of aromatic nitrogens is 5. The molecule has 0 aliphatic carbocycles. The lowest BCUT2D eigenvalue weighted by molar-refractivity contribution is 0.784. The second-order valence-corrected chi connectivity index (χ2v) is 7.05. The number of nitrogens with zero attached hydrogens (tertiary/aromatic N) is 6. The zero-order chi connectivity index (χ0) is 15.2. The van der Waals surface area contributed by atoms with Crippen molar-refractivity contribution in [3.05, 3.63) is 0 Å². The van der Waals surface area contributed by atoms with Crippen LogP contribution in [-0.2, 0) is 0 Å². The smallest absolute Gasteiger partial charge is 0.231 e. The molecule has 0 bridgehead atoms. The highest BCUT2D eigenvalue weighted by Gasteiger charge is 2.13. The van der Waals surface area contributed by atoms with Gasteiger partial charge in [-0.2, -0.15) is 15.0 Å². The van der Waals surface area contributed by atoms with Gasteiger partial charge in [0.2, 0.25) is 17.1 Å². The Morgan fingerprint density at radius 1 is 1.10 bits per heavy atom. The van der Waals surface area contributed by atoms with Crippen LogP contribution in [-0.4, -0.2) is 51.5 Å². The van der Waals surface area contributed by atoms with Gasteiger partial charge in [-0.05, 0) is 31.9 Å². The van der Waals surface area contributed by atoms with Crippen molar-refractivity contribution in [1.82, 2.24) is 25.1 Å². The Morgan fingerprint density at radius 3 is 2.38 bits per heavy atom. The molecule has 0 unspecified atom stereocenters. The van der Waals surface area contributed by atoms with Crippen LogP contribution in [0.25, 0.3) is 0 Å². The van der Waals surface area contributed by atoms with E-state index >= 15 is 0 Å². The van der Waals surface area contributed by atoms with Crippen molar-refractivity contribution in [2.24, 2.45) is 0 Å². The van der Waals surface area contributed by atoms with Gasteiger partial charge in [-0.3, -0.25) is 0 Å². The fourth-order valence-electron chi connectivity index (χ4n) is 1.55. The summed E-state index contributed by atoms with van der Waals surface area (Å²) >= 11 is 4.53. The molecule has 0 atom stereocenters. The number of hydrogen-bond acceptors (Lipinski definition) is 10. The van der Waals surface area contributed by atoms with Gasteiger partial charge in [-0.15, -0.1) is 10.2 Å². The van der Waals surface area contributed by atoms with Crippen LogP contribution in [0.5, 0.6) is 0 Å². The van der Waals surface area contributed by atoms with E-state index in [0.717, 1.165) is 21.8 Å². The third kappa shape index (κ3) is 4.17. The van der Waals surface area contributed by atoms with Crippen molar-refractivity contribution in [2.75, 3.05) is 36.6 Å². The van der Waals surface area contributed by atoms with E-state index in [1.807, 2.05) is 6.26 Å². The summed E-state index contributed by atoms with van der Waals surface area (Å²) in [6.07, 6.45) is 1.98. The Bertz CT molecular complexity index is 585. The maximum Gasteiger partial charge on any atom is 0.231 e. The molecule has 0 spiro atoms.